The first kappa shape index (κ1) is 10.4. The van der Waals surface area contributed by atoms with Crippen molar-refractivity contribution in [3.8, 4) is 0 Å². The Morgan fingerprint density at radius 2 is 2.26 bits per heavy atom. The van der Waals surface area contributed by atoms with Gasteiger partial charge in [0.1, 0.15) is 0 Å². The highest BCUT2D eigenvalue weighted by molar-refractivity contribution is 6.11. The van der Waals surface area contributed by atoms with Crippen LogP contribution in [0.2, 0.25) is 0 Å². The Morgan fingerprint density at radius 3 is 3.11 bits per heavy atom. The number of nitrogens with one attached hydrogen (secondary N) is 1. The number of aromatic nitrogens is 1. The zero-order valence-electron chi connectivity index (χ0n) is 10.1. The summed E-state index contributed by atoms with van der Waals surface area (Å²) in [7, 11) is 0. The molecule has 0 unspecified atom stereocenters. The second-order valence-electron chi connectivity index (χ2n) is 4.72. The van der Waals surface area contributed by atoms with Crippen molar-refractivity contribution in [3.05, 3.63) is 24.4 Å². The summed E-state index contributed by atoms with van der Waals surface area (Å²) in [6, 6.07) is 5.62. The lowest BCUT2D eigenvalue weighted by Crippen LogP contribution is -2.36. The highest BCUT2D eigenvalue weighted by Gasteiger charge is 2.30. The molecule has 0 saturated heterocycles. The maximum atomic E-state index is 11.4. The van der Waals surface area contributed by atoms with Crippen LogP contribution >= 0.6 is 0 Å². The topological polar surface area (TPSA) is 68.7 Å². The zero-order valence-corrected chi connectivity index (χ0v) is 10.1. The molecule has 1 aromatic carbocycles. The lowest BCUT2D eigenvalue weighted by atomic mass is 10.1. The molecule has 0 spiro atoms. The van der Waals surface area contributed by atoms with Crippen molar-refractivity contribution in [2.45, 2.75) is 0 Å². The first-order chi connectivity index (χ1) is 9.25. The van der Waals surface area contributed by atoms with Gasteiger partial charge in [0.2, 0.25) is 0 Å². The fourth-order valence-corrected chi connectivity index (χ4v) is 2.88. The van der Waals surface area contributed by atoms with Crippen LogP contribution in [0, 0.1) is 0 Å². The van der Waals surface area contributed by atoms with E-state index in [9.17, 15) is 9.90 Å². The molecule has 2 aliphatic rings. The SMILES string of the molecule is O=C(O)N1CCN2CNc3cnc4cccc1c4c32. The molecule has 6 nitrogen and oxygen atoms in total. The molecule has 4 rings (SSSR count). The number of pyridine rings is 1. The highest BCUT2D eigenvalue weighted by atomic mass is 16.4. The lowest BCUT2D eigenvalue weighted by Gasteiger charge is -2.19. The van der Waals surface area contributed by atoms with Crippen molar-refractivity contribution in [2.75, 3.05) is 34.9 Å². The summed E-state index contributed by atoms with van der Waals surface area (Å²) >= 11 is 0. The number of hydrogen-bond donors (Lipinski definition) is 2. The molecule has 0 saturated carbocycles. The summed E-state index contributed by atoms with van der Waals surface area (Å²) in [6.07, 6.45) is 0.900. The number of carbonyl (C=O) groups is 1. The third-order valence-corrected chi connectivity index (χ3v) is 3.74. The maximum absolute atomic E-state index is 11.4. The van der Waals surface area contributed by atoms with E-state index in [2.05, 4.69) is 15.2 Å². The number of benzene rings is 1. The molecule has 0 atom stereocenters. The average Bonchev–Trinajstić information content (AvgIpc) is 2.74. The summed E-state index contributed by atoms with van der Waals surface area (Å²) in [6.45, 7) is 1.85. The first-order valence-electron chi connectivity index (χ1n) is 6.17. The molecular weight excluding hydrogens is 244 g/mol. The van der Waals surface area contributed by atoms with Gasteiger partial charge in [0.25, 0.3) is 0 Å². The molecule has 0 bridgehead atoms. The van der Waals surface area contributed by atoms with Gasteiger partial charge in [0.15, 0.2) is 0 Å². The summed E-state index contributed by atoms with van der Waals surface area (Å²) in [5, 5.41) is 13.6. The van der Waals surface area contributed by atoms with E-state index < -0.39 is 6.09 Å². The number of hydrogen-bond acceptors (Lipinski definition) is 4. The highest BCUT2D eigenvalue weighted by Crippen LogP contribution is 2.43. The summed E-state index contributed by atoms with van der Waals surface area (Å²) in [4.78, 5) is 19.4. The summed E-state index contributed by atoms with van der Waals surface area (Å²) in [5.41, 5.74) is 3.61. The average molecular weight is 256 g/mol. The van der Waals surface area contributed by atoms with Crippen LogP contribution in [0.4, 0.5) is 21.9 Å². The molecule has 0 fully saturated rings. The van der Waals surface area contributed by atoms with Gasteiger partial charge in [-0.1, -0.05) is 6.07 Å². The van der Waals surface area contributed by atoms with Gasteiger partial charge >= 0.3 is 6.09 Å². The van der Waals surface area contributed by atoms with E-state index in [4.69, 9.17) is 0 Å². The van der Waals surface area contributed by atoms with Gasteiger partial charge in [0.05, 0.1) is 35.4 Å². The van der Waals surface area contributed by atoms with Crippen molar-refractivity contribution in [1.29, 1.82) is 0 Å². The zero-order chi connectivity index (χ0) is 13.0. The Kier molecular flexibility index (Phi) is 1.92. The fourth-order valence-electron chi connectivity index (χ4n) is 2.88. The Labute approximate surface area is 109 Å². The number of rotatable bonds is 0. The quantitative estimate of drug-likeness (QED) is 0.753. The van der Waals surface area contributed by atoms with Crippen molar-refractivity contribution < 1.29 is 9.90 Å². The Hall–Kier alpha value is -2.50. The van der Waals surface area contributed by atoms with Gasteiger partial charge in [0, 0.05) is 18.5 Å². The van der Waals surface area contributed by atoms with Gasteiger partial charge in [-0.3, -0.25) is 9.88 Å². The summed E-state index contributed by atoms with van der Waals surface area (Å²) < 4.78 is 0. The molecule has 1 aromatic heterocycles. The summed E-state index contributed by atoms with van der Waals surface area (Å²) in [5.74, 6) is 0. The molecule has 3 heterocycles. The predicted molar refractivity (Wildman–Crippen MR) is 72.9 cm³/mol. The van der Waals surface area contributed by atoms with E-state index in [-0.39, 0.29) is 0 Å². The smallest absolute Gasteiger partial charge is 0.411 e. The number of nitrogens with zero attached hydrogens (tertiary/aromatic N) is 3. The minimum Gasteiger partial charge on any atom is -0.465 e. The monoisotopic (exact) mass is 256 g/mol. The normalized spacial score (nSPS) is 16.4. The Bertz CT molecular complexity index is 700. The van der Waals surface area contributed by atoms with Gasteiger partial charge in [-0.05, 0) is 12.1 Å². The molecule has 0 aliphatic carbocycles. The Balaban J connectivity index is 2.11. The lowest BCUT2D eigenvalue weighted by molar-refractivity contribution is 0.202. The second-order valence-corrected chi connectivity index (χ2v) is 4.72. The van der Waals surface area contributed by atoms with E-state index >= 15 is 0 Å². The van der Waals surface area contributed by atoms with Crippen molar-refractivity contribution in [1.82, 2.24) is 4.98 Å². The third kappa shape index (κ3) is 1.31. The molecule has 6 heteroatoms. The fraction of sp³-hybridized carbons (Fsp3) is 0.231. The predicted octanol–water partition coefficient (Wildman–Crippen LogP) is 1.92. The van der Waals surface area contributed by atoms with Crippen LogP contribution < -0.4 is 15.1 Å². The molecule has 1 amide bonds. The van der Waals surface area contributed by atoms with Crippen molar-refractivity contribution in [2.24, 2.45) is 0 Å². The molecule has 2 N–H and O–H groups in total. The minimum atomic E-state index is -0.917. The van der Waals surface area contributed by atoms with Crippen LogP contribution in [0.1, 0.15) is 0 Å². The number of anilines is 3. The van der Waals surface area contributed by atoms with Crippen LogP contribution in [0.5, 0.6) is 0 Å². The standard InChI is InChI=1S/C13H12N4O2/c18-13(19)17-5-4-16-7-15-9-6-14-8-2-1-3-10(17)11(8)12(9)16/h1-3,6,15H,4-5,7H2,(H,18,19). The third-order valence-electron chi connectivity index (χ3n) is 3.74. The first-order valence-corrected chi connectivity index (χ1v) is 6.17. The van der Waals surface area contributed by atoms with Crippen LogP contribution in [0.25, 0.3) is 10.9 Å². The molecule has 0 radical (unpaired) electrons. The number of amides is 1. The van der Waals surface area contributed by atoms with Gasteiger partial charge < -0.3 is 15.3 Å². The minimum absolute atomic E-state index is 0.463. The van der Waals surface area contributed by atoms with E-state index in [1.807, 2.05) is 24.4 Å². The molecule has 2 aromatic rings. The molecule has 96 valence electrons. The van der Waals surface area contributed by atoms with Crippen LogP contribution in [-0.4, -0.2) is 35.9 Å². The van der Waals surface area contributed by atoms with Gasteiger partial charge in [-0.2, -0.15) is 0 Å². The van der Waals surface area contributed by atoms with Crippen LogP contribution in [0.3, 0.4) is 0 Å². The van der Waals surface area contributed by atoms with Gasteiger partial charge in [-0.15, -0.1) is 0 Å². The van der Waals surface area contributed by atoms with E-state index in [1.54, 1.807) is 0 Å². The van der Waals surface area contributed by atoms with E-state index in [0.717, 1.165) is 28.0 Å². The molecular formula is C13H12N4O2. The van der Waals surface area contributed by atoms with E-state index in [1.165, 1.54) is 4.90 Å². The van der Waals surface area contributed by atoms with Crippen LogP contribution in [-0.2, 0) is 0 Å². The van der Waals surface area contributed by atoms with E-state index in [0.29, 0.717) is 19.8 Å². The molecule has 2 aliphatic heterocycles. The van der Waals surface area contributed by atoms with Gasteiger partial charge in [-0.25, -0.2) is 4.79 Å². The molecule has 19 heavy (non-hydrogen) atoms. The van der Waals surface area contributed by atoms with Crippen molar-refractivity contribution in [3.63, 3.8) is 0 Å². The van der Waals surface area contributed by atoms with Crippen molar-refractivity contribution >= 4 is 34.1 Å². The number of carboxylic acid groups (broad SMARTS) is 1. The maximum Gasteiger partial charge on any atom is 0.411 e. The van der Waals surface area contributed by atoms with Crippen LogP contribution in [0.15, 0.2) is 24.4 Å². The Morgan fingerprint density at radius 1 is 1.37 bits per heavy atom. The second kappa shape index (κ2) is 3.50. The largest absolute Gasteiger partial charge is 0.465 e.